The van der Waals surface area contributed by atoms with E-state index in [1.54, 1.807) is 18.3 Å². The Morgan fingerprint density at radius 3 is 2.58 bits per heavy atom. The number of aromatic nitrogens is 2. The first-order valence-corrected chi connectivity index (χ1v) is 11.5. The Kier molecular flexibility index (Phi) is 9.05. The van der Waals surface area contributed by atoms with Crippen LogP contribution in [0.1, 0.15) is 36.9 Å². The summed E-state index contributed by atoms with van der Waals surface area (Å²) in [6.45, 7) is 0.997. The number of carbonyl (C=O) groups is 2. The molecule has 1 aliphatic rings. The molecule has 3 rings (SSSR count). The van der Waals surface area contributed by atoms with Gasteiger partial charge in [0.15, 0.2) is 5.62 Å². The van der Waals surface area contributed by atoms with Gasteiger partial charge in [0.05, 0.1) is 10.6 Å². The van der Waals surface area contributed by atoms with Crippen LogP contribution in [-0.4, -0.2) is 47.2 Å². The molecule has 0 spiro atoms. The predicted octanol–water partition coefficient (Wildman–Crippen LogP) is 3.04. The molecule has 0 aliphatic heterocycles. The maximum atomic E-state index is 11.9. The van der Waals surface area contributed by atoms with Crippen molar-refractivity contribution in [1.82, 2.24) is 20.6 Å². The molecule has 1 fully saturated rings. The first-order valence-electron chi connectivity index (χ1n) is 10.6. The molecule has 7 nitrogen and oxygen atoms in total. The van der Waals surface area contributed by atoms with Crippen LogP contribution in [0, 0.1) is 0 Å². The molecule has 0 radical (unpaired) electrons. The first-order chi connectivity index (χ1) is 15.2. The van der Waals surface area contributed by atoms with Gasteiger partial charge in [-0.25, -0.2) is 9.97 Å². The minimum absolute atomic E-state index is 0.296. The Morgan fingerprint density at radius 2 is 1.87 bits per heavy atom. The van der Waals surface area contributed by atoms with Crippen molar-refractivity contribution in [1.29, 1.82) is 0 Å². The van der Waals surface area contributed by atoms with E-state index < -0.39 is 0 Å². The number of benzene rings is 1. The molecule has 0 bridgehead atoms. The lowest BCUT2D eigenvalue weighted by molar-refractivity contribution is -0.116. The van der Waals surface area contributed by atoms with Gasteiger partial charge < -0.3 is 16.0 Å². The van der Waals surface area contributed by atoms with Crippen molar-refractivity contribution < 1.29 is 9.59 Å². The van der Waals surface area contributed by atoms with Crippen molar-refractivity contribution in [3.63, 3.8) is 0 Å². The SMILES string of the molecule is CNC(=O)/C(=C/c1ccnc(NC2CCC(NCCc3ccccc3)CC2)n1)SC=O. The van der Waals surface area contributed by atoms with E-state index in [9.17, 15) is 9.59 Å². The summed E-state index contributed by atoms with van der Waals surface area (Å²) in [6, 6.07) is 13.1. The molecule has 1 aromatic carbocycles. The number of nitrogens with zero attached hydrogens (tertiary/aromatic N) is 2. The molecule has 1 saturated carbocycles. The van der Waals surface area contributed by atoms with Crippen LogP contribution in [0.4, 0.5) is 5.95 Å². The fraction of sp³-hybridized carbons (Fsp3) is 0.391. The highest BCUT2D eigenvalue weighted by Crippen LogP contribution is 2.22. The van der Waals surface area contributed by atoms with Gasteiger partial charge in [0.1, 0.15) is 0 Å². The van der Waals surface area contributed by atoms with Gasteiger partial charge in [0, 0.05) is 25.3 Å². The van der Waals surface area contributed by atoms with Crippen LogP contribution in [0.25, 0.3) is 6.08 Å². The van der Waals surface area contributed by atoms with Gasteiger partial charge in [-0.3, -0.25) is 9.59 Å². The number of thioether (sulfide) groups is 1. The number of nitrogens with one attached hydrogen (secondary N) is 3. The molecule has 1 aromatic heterocycles. The third-order valence-corrected chi connectivity index (χ3v) is 5.99. The van der Waals surface area contributed by atoms with Crippen LogP contribution in [-0.2, 0) is 16.0 Å². The maximum Gasteiger partial charge on any atom is 0.257 e. The fourth-order valence-corrected chi connectivity index (χ4v) is 4.18. The first kappa shape index (κ1) is 23.0. The van der Waals surface area contributed by atoms with Gasteiger partial charge in [-0.15, -0.1) is 0 Å². The molecule has 164 valence electrons. The number of carbonyl (C=O) groups excluding carboxylic acids is 2. The fourth-order valence-electron chi connectivity index (χ4n) is 3.67. The lowest BCUT2D eigenvalue weighted by atomic mass is 9.91. The highest BCUT2D eigenvalue weighted by Gasteiger charge is 2.21. The Hall–Kier alpha value is -2.71. The minimum Gasteiger partial charge on any atom is -0.355 e. The second-order valence-corrected chi connectivity index (χ2v) is 8.36. The summed E-state index contributed by atoms with van der Waals surface area (Å²) in [4.78, 5) is 31.8. The lowest BCUT2D eigenvalue weighted by Crippen LogP contribution is -2.38. The van der Waals surface area contributed by atoms with E-state index in [0.717, 1.165) is 50.4 Å². The Bertz CT molecular complexity index is 883. The van der Waals surface area contributed by atoms with Crippen molar-refractivity contribution in [3.05, 3.63) is 58.8 Å². The van der Waals surface area contributed by atoms with Gasteiger partial charge >= 0.3 is 0 Å². The molecule has 1 amide bonds. The predicted molar refractivity (Wildman–Crippen MR) is 126 cm³/mol. The van der Waals surface area contributed by atoms with Crippen LogP contribution in [0.2, 0.25) is 0 Å². The van der Waals surface area contributed by atoms with Gasteiger partial charge in [-0.2, -0.15) is 0 Å². The molecular formula is C23H29N5O2S. The summed E-state index contributed by atoms with van der Waals surface area (Å²) in [5.41, 5.74) is 2.58. The van der Waals surface area contributed by atoms with Gasteiger partial charge in [0.2, 0.25) is 5.95 Å². The van der Waals surface area contributed by atoms with Crippen LogP contribution in [0.15, 0.2) is 47.5 Å². The van der Waals surface area contributed by atoms with E-state index in [-0.39, 0.29) is 5.91 Å². The second kappa shape index (κ2) is 12.2. The molecule has 2 aromatic rings. The Labute approximate surface area is 187 Å². The van der Waals surface area contributed by atoms with Crippen LogP contribution in [0.3, 0.4) is 0 Å². The highest BCUT2D eigenvalue weighted by atomic mass is 32.2. The third-order valence-electron chi connectivity index (χ3n) is 5.33. The van der Waals surface area contributed by atoms with E-state index in [2.05, 4.69) is 50.2 Å². The molecule has 0 saturated heterocycles. The summed E-state index contributed by atoms with van der Waals surface area (Å²) in [5.74, 6) is 0.227. The second-order valence-electron chi connectivity index (χ2n) is 7.49. The lowest BCUT2D eigenvalue weighted by Gasteiger charge is -2.29. The molecule has 3 N–H and O–H groups in total. The van der Waals surface area contributed by atoms with Gasteiger partial charge in [-0.05, 0) is 68.1 Å². The summed E-state index contributed by atoms with van der Waals surface area (Å²) in [7, 11) is 1.53. The Balaban J connectivity index is 1.47. The zero-order valence-electron chi connectivity index (χ0n) is 17.7. The number of amides is 1. The average Bonchev–Trinajstić information content (AvgIpc) is 2.80. The summed E-state index contributed by atoms with van der Waals surface area (Å²) in [5, 5.41) is 9.62. The van der Waals surface area contributed by atoms with Crippen molar-refractivity contribution in [2.45, 2.75) is 44.2 Å². The van der Waals surface area contributed by atoms with Crippen molar-refractivity contribution in [2.24, 2.45) is 0 Å². The van der Waals surface area contributed by atoms with Crippen LogP contribution >= 0.6 is 11.8 Å². The number of hydrogen-bond donors (Lipinski definition) is 3. The number of likely N-dealkylation sites (N-methyl/N-ethyl adjacent to an activating group) is 1. The van der Waals surface area contributed by atoms with E-state index in [1.807, 2.05) is 6.07 Å². The molecule has 0 atom stereocenters. The number of anilines is 1. The zero-order valence-corrected chi connectivity index (χ0v) is 18.5. The normalized spacial score (nSPS) is 18.9. The Morgan fingerprint density at radius 1 is 1.13 bits per heavy atom. The van der Waals surface area contributed by atoms with Gasteiger partial charge in [-0.1, -0.05) is 30.3 Å². The van der Waals surface area contributed by atoms with Crippen molar-refractivity contribution in [2.75, 3.05) is 18.9 Å². The van der Waals surface area contributed by atoms with Crippen LogP contribution in [0.5, 0.6) is 0 Å². The molecule has 8 heteroatoms. The molecular weight excluding hydrogens is 410 g/mol. The summed E-state index contributed by atoms with van der Waals surface area (Å²) >= 11 is 0.831. The summed E-state index contributed by atoms with van der Waals surface area (Å²) in [6.07, 6.45) is 8.64. The average molecular weight is 440 g/mol. The van der Waals surface area contributed by atoms with E-state index in [1.165, 1.54) is 12.6 Å². The third kappa shape index (κ3) is 7.48. The van der Waals surface area contributed by atoms with E-state index in [4.69, 9.17) is 0 Å². The number of hydrogen-bond acceptors (Lipinski definition) is 7. The zero-order chi connectivity index (χ0) is 21.9. The quantitative estimate of drug-likeness (QED) is 0.387. The molecule has 1 aliphatic carbocycles. The largest absolute Gasteiger partial charge is 0.355 e. The standard InChI is InChI=1S/C23H29N5O2S/c1-24-22(30)21(31-16-29)15-20-12-14-26-23(28-20)27-19-9-7-18(8-10-19)25-13-11-17-5-3-2-4-6-17/h2-6,12,14-16,18-19,25H,7-11,13H2,1H3,(H,24,30)(H,26,27,28)/b21-15-. The molecule has 1 heterocycles. The van der Waals surface area contributed by atoms with Gasteiger partial charge in [0.25, 0.3) is 5.91 Å². The van der Waals surface area contributed by atoms with E-state index in [0.29, 0.717) is 34.2 Å². The maximum absolute atomic E-state index is 11.9. The topological polar surface area (TPSA) is 96.0 Å². The smallest absolute Gasteiger partial charge is 0.257 e. The van der Waals surface area contributed by atoms with Crippen LogP contribution < -0.4 is 16.0 Å². The minimum atomic E-state index is -0.316. The van der Waals surface area contributed by atoms with Crippen molar-refractivity contribution in [3.8, 4) is 0 Å². The van der Waals surface area contributed by atoms with Crippen molar-refractivity contribution >= 4 is 35.3 Å². The number of rotatable bonds is 10. The summed E-state index contributed by atoms with van der Waals surface area (Å²) < 4.78 is 0. The highest BCUT2D eigenvalue weighted by molar-refractivity contribution is 8.16. The monoisotopic (exact) mass is 439 g/mol. The van der Waals surface area contributed by atoms with E-state index >= 15 is 0 Å². The molecule has 0 unspecified atom stereocenters. The molecule has 31 heavy (non-hydrogen) atoms.